The molecule has 3 nitrogen and oxygen atoms in total. The van der Waals surface area contributed by atoms with Gasteiger partial charge in [0, 0.05) is 12.6 Å². The second-order valence-corrected chi connectivity index (χ2v) is 4.98. The summed E-state index contributed by atoms with van der Waals surface area (Å²) in [5, 5.41) is 11.7. The maximum Gasteiger partial charge on any atom is 0.254 e. The van der Waals surface area contributed by atoms with E-state index >= 15 is 0 Å². The maximum atomic E-state index is 13.5. The zero-order valence-corrected chi connectivity index (χ0v) is 10.5. The number of halogens is 2. The van der Waals surface area contributed by atoms with Crippen molar-refractivity contribution >= 4 is 5.91 Å². The molecule has 5 heteroatoms. The lowest BCUT2D eigenvalue weighted by Gasteiger charge is -2.28. The van der Waals surface area contributed by atoms with Crippen molar-refractivity contribution in [3.8, 4) is 0 Å². The van der Waals surface area contributed by atoms with E-state index < -0.39 is 17.5 Å². The summed E-state index contributed by atoms with van der Waals surface area (Å²) in [5.41, 5.74) is -0.260. The summed E-state index contributed by atoms with van der Waals surface area (Å²) >= 11 is 0. The van der Waals surface area contributed by atoms with Crippen LogP contribution in [0.2, 0.25) is 0 Å². The summed E-state index contributed by atoms with van der Waals surface area (Å²) in [7, 11) is 0. The van der Waals surface area contributed by atoms with Gasteiger partial charge in [-0.05, 0) is 43.7 Å². The van der Waals surface area contributed by atoms with Crippen molar-refractivity contribution < 1.29 is 18.7 Å². The molecule has 19 heavy (non-hydrogen) atoms. The first-order chi connectivity index (χ1) is 9.11. The highest BCUT2D eigenvalue weighted by atomic mass is 19.2. The lowest BCUT2D eigenvalue weighted by Crippen LogP contribution is -2.38. The van der Waals surface area contributed by atoms with E-state index in [2.05, 4.69) is 5.32 Å². The zero-order chi connectivity index (χ0) is 13.8. The highest BCUT2D eigenvalue weighted by Gasteiger charge is 2.23. The van der Waals surface area contributed by atoms with E-state index in [0.29, 0.717) is 5.92 Å². The Morgan fingerprint density at radius 3 is 2.58 bits per heavy atom. The van der Waals surface area contributed by atoms with Gasteiger partial charge in [-0.3, -0.25) is 4.79 Å². The van der Waals surface area contributed by atoms with Gasteiger partial charge in [0.05, 0.1) is 5.56 Å². The monoisotopic (exact) mass is 269 g/mol. The number of benzene rings is 1. The van der Waals surface area contributed by atoms with Crippen LogP contribution in [0, 0.1) is 17.6 Å². The summed E-state index contributed by atoms with van der Waals surface area (Å²) in [4.78, 5) is 11.9. The predicted molar refractivity (Wildman–Crippen MR) is 66.7 cm³/mol. The lowest BCUT2D eigenvalue weighted by atomic mass is 9.86. The molecule has 0 bridgehead atoms. The minimum atomic E-state index is -1.11. The van der Waals surface area contributed by atoms with Crippen LogP contribution in [0.4, 0.5) is 8.78 Å². The quantitative estimate of drug-likeness (QED) is 0.884. The van der Waals surface area contributed by atoms with Gasteiger partial charge < -0.3 is 10.4 Å². The molecule has 0 heterocycles. The fourth-order valence-corrected chi connectivity index (χ4v) is 2.43. The molecule has 1 aromatic carbocycles. The van der Waals surface area contributed by atoms with Crippen molar-refractivity contribution in [2.24, 2.45) is 5.92 Å². The summed E-state index contributed by atoms with van der Waals surface area (Å²) in [6, 6.07) is 3.54. The molecule has 1 fully saturated rings. The first kappa shape index (κ1) is 13.9. The molecule has 1 aromatic rings. The number of aliphatic hydroxyl groups excluding tert-OH is 1. The van der Waals surface area contributed by atoms with E-state index in [-0.39, 0.29) is 18.2 Å². The van der Waals surface area contributed by atoms with E-state index in [0.717, 1.165) is 31.7 Å². The molecule has 1 saturated carbocycles. The molecule has 1 aliphatic carbocycles. The van der Waals surface area contributed by atoms with Crippen molar-refractivity contribution in [2.45, 2.75) is 31.7 Å². The number of nitrogens with one attached hydrogen (secondary N) is 1. The van der Waals surface area contributed by atoms with Crippen molar-refractivity contribution in [3.05, 3.63) is 35.4 Å². The molecule has 2 rings (SSSR count). The molecule has 2 N–H and O–H groups in total. The fraction of sp³-hybridized carbons (Fsp3) is 0.500. The van der Waals surface area contributed by atoms with Crippen LogP contribution in [0.15, 0.2) is 18.2 Å². The summed E-state index contributed by atoms with van der Waals surface area (Å²) in [5.74, 6) is -2.41. The molecule has 0 aromatic heterocycles. The Kier molecular flexibility index (Phi) is 4.47. The number of aliphatic hydroxyl groups is 1. The van der Waals surface area contributed by atoms with E-state index in [1.54, 1.807) is 0 Å². The smallest absolute Gasteiger partial charge is 0.254 e. The highest BCUT2D eigenvalue weighted by Crippen LogP contribution is 2.24. The fourth-order valence-electron chi connectivity index (χ4n) is 2.43. The van der Waals surface area contributed by atoms with Crippen molar-refractivity contribution in [2.75, 3.05) is 6.61 Å². The number of hydrogen-bond donors (Lipinski definition) is 2. The minimum absolute atomic E-state index is 0.0297. The average Bonchev–Trinajstić information content (AvgIpc) is 2.42. The van der Waals surface area contributed by atoms with E-state index in [1.165, 1.54) is 12.1 Å². The SMILES string of the molecule is O=C(NC1CCC(CO)CC1)c1cccc(F)c1F. The summed E-state index contributed by atoms with van der Waals surface area (Å²) in [6.07, 6.45) is 3.20. The highest BCUT2D eigenvalue weighted by molar-refractivity contribution is 5.94. The van der Waals surface area contributed by atoms with Gasteiger partial charge >= 0.3 is 0 Å². The maximum absolute atomic E-state index is 13.5. The molecule has 0 atom stereocenters. The van der Waals surface area contributed by atoms with Crippen LogP contribution >= 0.6 is 0 Å². The Labute approximate surface area is 110 Å². The second-order valence-electron chi connectivity index (χ2n) is 4.98. The Balaban J connectivity index is 1.96. The van der Waals surface area contributed by atoms with Crippen LogP contribution in [0.25, 0.3) is 0 Å². The van der Waals surface area contributed by atoms with Crippen molar-refractivity contribution in [1.82, 2.24) is 5.32 Å². The van der Waals surface area contributed by atoms with E-state index in [1.807, 2.05) is 0 Å². The van der Waals surface area contributed by atoms with Gasteiger partial charge in [-0.2, -0.15) is 0 Å². The normalized spacial score (nSPS) is 23.1. The number of hydrogen-bond acceptors (Lipinski definition) is 2. The number of carbonyl (C=O) groups is 1. The summed E-state index contributed by atoms with van der Waals surface area (Å²) < 4.78 is 26.5. The van der Waals surface area contributed by atoms with Gasteiger partial charge in [-0.1, -0.05) is 6.07 Å². The van der Waals surface area contributed by atoms with Crippen LogP contribution in [0.1, 0.15) is 36.0 Å². The standard InChI is InChI=1S/C14H17F2NO2/c15-12-3-1-2-11(13(12)16)14(19)17-10-6-4-9(8-18)5-7-10/h1-3,9-10,18H,4-8H2,(H,17,19). The zero-order valence-electron chi connectivity index (χ0n) is 10.5. The van der Waals surface area contributed by atoms with Crippen LogP contribution in [-0.4, -0.2) is 23.7 Å². The van der Waals surface area contributed by atoms with Gasteiger partial charge in [0.1, 0.15) is 0 Å². The topological polar surface area (TPSA) is 49.3 Å². The number of amides is 1. The largest absolute Gasteiger partial charge is 0.396 e. The Morgan fingerprint density at radius 2 is 1.95 bits per heavy atom. The minimum Gasteiger partial charge on any atom is -0.396 e. The van der Waals surface area contributed by atoms with Crippen LogP contribution in [0.5, 0.6) is 0 Å². The molecule has 0 spiro atoms. The van der Waals surface area contributed by atoms with E-state index in [4.69, 9.17) is 5.11 Å². The lowest BCUT2D eigenvalue weighted by molar-refractivity contribution is 0.0909. The second kappa shape index (κ2) is 6.10. The third-order valence-electron chi connectivity index (χ3n) is 3.64. The molecule has 0 aliphatic heterocycles. The van der Waals surface area contributed by atoms with Crippen LogP contribution in [-0.2, 0) is 0 Å². The van der Waals surface area contributed by atoms with Crippen molar-refractivity contribution in [3.63, 3.8) is 0 Å². The molecular formula is C14H17F2NO2. The molecule has 1 aliphatic rings. The van der Waals surface area contributed by atoms with Crippen LogP contribution in [0.3, 0.4) is 0 Å². The number of carbonyl (C=O) groups excluding carboxylic acids is 1. The summed E-state index contributed by atoms with van der Waals surface area (Å²) in [6.45, 7) is 0.166. The number of rotatable bonds is 3. The molecule has 0 saturated heterocycles. The van der Waals surface area contributed by atoms with Crippen molar-refractivity contribution in [1.29, 1.82) is 0 Å². The first-order valence-electron chi connectivity index (χ1n) is 6.47. The third-order valence-corrected chi connectivity index (χ3v) is 3.64. The molecule has 104 valence electrons. The van der Waals surface area contributed by atoms with Gasteiger partial charge in [0.2, 0.25) is 0 Å². The van der Waals surface area contributed by atoms with Gasteiger partial charge in [-0.15, -0.1) is 0 Å². The molecule has 0 radical (unpaired) electrons. The first-order valence-corrected chi connectivity index (χ1v) is 6.47. The predicted octanol–water partition coefficient (Wildman–Crippen LogP) is 2.25. The average molecular weight is 269 g/mol. The van der Waals surface area contributed by atoms with Gasteiger partial charge in [0.25, 0.3) is 5.91 Å². The van der Waals surface area contributed by atoms with Gasteiger partial charge in [0.15, 0.2) is 11.6 Å². The van der Waals surface area contributed by atoms with Crippen LogP contribution < -0.4 is 5.32 Å². The van der Waals surface area contributed by atoms with Gasteiger partial charge in [-0.25, -0.2) is 8.78 Å². The molecule has 1 amide bonds. The molecule has 0 unspecified atom stereocenters. The third kappa shape index (κ3) is 3.29. The Hall–Kier alpha value is -1.49. The molecular weight excluding hydrogens is 252 g/mol. The van der Waals surface area contributed by atoms with E-state index in [9.17, 15) is 13.6 Å². The Morgan fingerprint density at radius 1 is 1.26 bits per heavy atom. The Bertz CT molecular complexity index is 457.